The van der Waals surface area contributed by atoms with Gasteiger partial charge in [-0.25, -0.2) is 0 Å². The molecule has 0 spiro atoms. The summed E-state index contributed by atoms with van der Waals surface area (Å²) in [7, 11) is 0. The summed E-state index contributed by atoms with van der Waals surface area (Å²) in [5.74, 6) is 0.0808. The number of rotatable bonds is 3. The molecule has 3 rings (SSSR count). The molecule has 1 aliphatic heterocycles. The molecular formula is C19H22N2O2. The number of aliphatic hydroxyl groups excluding tert-OH is 1. The maximum absolute atomic E-state index is 12.7. The third-order valence-corrected chi connectivity index (χ3v) is 4.69. The zero-order chi connectivity index (χ0) is 16.4. The van der Waals surface area contributed by atoms with Crippen LogP contribution in [0.4, 0.5) is 0 Å². The van der Waals surface area contributed by atoms with Crippen molar-refractivity contribution in [2.75, 3.05) is 13.1 Å². The molecule has 2 atom stereocenters. The average Bonchev–Trinajstić information content (AvgIpc) is 2.91. The van der Waals surface area contributed by atoms with Gasteiger partial charge in [0.25, 0.3) is 5.91 Å². The maximum atomic E-state index is 12.7. The van der Waals surface area contributed by atoms with Gasteiger partial charge < -0.3 is 10.0 Å². The Kier molecular flexibility index (Phi) is 4.44. The molecule has 0 saturated carbocycles. The number of aliphatic hydroxyl groups is 1. The van der Waals surface area contributed by atoms with Crippen LogP contribution in [0, 0.1) is 19.8 Å². The average molecular weight is 310 g/mol. The molecule has 1 N–H and O–H groups in total. The van der Waals surface area contributed by atoms with E-state index in [0.29, 0.717) is 18.7 Å². The van der Waals surface area contributed by atoms with E-state index >= 15 is 0 Å². The van der Waals surface area contributed by atoms with Crippen LogP contribution in [-0.4, -0.2) is 40.1 Å². The Labute approximate surface area is 136 Å². The molecule has 1 saturated heterocycles. The highest BCUT2D eigenvalue weighted by molar-refractivity contribution is 5.94. The number of nitrogens with zero attached hydrogens (tertiary/aromatic N) is 2. The Morgan fingerprint density at radius 3 is 2.61 bits per heavy atom. The first kappa shape index (κ1) is 15.7. The molecule has 4 nitrogen and oxygen atoms in total. The summed E-state index contributed by atoms with van der Waals surface area (Å²) in [4.78, 5) is 18.4. The summed E-state index contributed by atoms with van der Waals surface area (Å²) in [6.07, 6.45) is 3.81. The standard InChI is InChI=1S/C19H22N2O2/c1-13-3-4-16(9-14(13)2)19(23)21-11-17(18(22)12-21)10-15-5-7-20-8-6-15/h3-9,17-18,22H,10-12H2,1-2H3/t17-,18+/m1/s1. The molecule has 23 heavy (non-hydrogen) atoms. The van der Waals surface area contributed by atoms with Crippen LogP contribution < -0.4 is 0 Å². The second kappa shape index (κ2) is 6.50. The molecule has 0 aliphatic carbocycles. The quantitative estimate of drug-likeness (QED) is 0.947. The van der Waals surface area contributed by atoms with Crippen molar-refractivity contribution in [2.45, 2.75) is 26.4 Å². The lowest BCUT2D eigenvalue weighted by Crippen LogP contribution is -2.29. The van der Waals surface area contributed by atoms with E-state index in [1.807, 2.05) is 44.2 Å². The minimum Gasteiger partial charge on any atom is -0.391 e. The summed E-state index contributed by atoms with van der Waals surface area (Å²) < 4.78 is 0. The van der Waals surface area contributed by atoms with E-state index in [4.69, 9.17) is 0 Å². The van der Waals surface area contributed by atoms with E-state index in [0.717, 1.165) is 17.5 Å². The smallest absolute Gasteiger partial charge is 0.253 e. The maximum Gasteiger partial charge on any atom is 0.253 e. The number of benzene rings is 1. The Hall–Kier alpha value is -2.20. The zero-order valence-corrected chi connectivity index (χ0v) is 13.6. The van der Waals surface area contributed by atoms with Crippen molar-refractivity contribution in [3.05, 3.63) is 65.0 Å². The highest BCUT2D eigenvalue weighted by Crippen LogP contribution is 2.23. The van der Waals surface area contributed by atoms with Crippen molar-refractivity contribution < 1.29 is 9.90 Å². The second-order valence-electron chi connectivity index (χ2n) is 6.40. The fraction of sp³-hybridized carbons (Fsp3) is 0.368. The first-order valence-corrected chi connectivity index (χ1v) is 7.98. The summed E-state index contributed by atoms with van der Waals surface area (Å²) in [6, 6.07) is 9.69. The van der Waals surface area contributed by atoms with Crippen molar-refractivity contribution in [1.29, 1.82) is 0 Å². The zero-order valence-electron chi connectivity index (χ0n) is 13.6. The van der Waals surface area contributed by atoms with Gasteiger partial charge in [-0.05, 0) is 61.2 Å². The number of aryl methyl sites for hydroxylation is 2. The number of carbonyl (C=O) groups excluding carboxylic acids is 1. The van der Waals surface area contributed by atoms with Crippen molar-refractivity contribution in [2.24, 2.45) is 5.92 Å². The topological polar surface area (TPSA) is 53.4 Å². The Morgan fingerprint density at radius 1 is 1.17 bits per heavy atom. The van der Waals surface area contributed by atoms with Crippen LogP contribution in [0.3, 0.4) is 0 Å². The number of carbonyl (C=O) groups is 1. The van der Waals surface area contributed by atoms with Gasteiger partial charge in [0.05, 0.1) is 6.10 Å². The predicted molar refractivity (Wildman–Crippen MR) is 89.3 cm³/mol. The van der Waals surface area contributed by atoms with Crippen LogP contribution in [0.1, 0.15) is 27.0 Å². The molecule has 1 aliphatic rings. The second-order valence-corrected chi connectivity index (χ2v) is 6.40. The van der Waals surface area contributed by atoms with Gasteiger partial charge in [0, 0.05) is 37.0 Å². The third-order valence-electron chi connectivity index (χ3n) is 4.69. The van der Waals surface area contributed by atoms with E-state index in [2.05, 4.69) is 4.98 Å². The number of β-amino-alcohol motifs (C(OH)–C–C–N with tert-alkyl or cyclic N) is 1. The van der Waals surface area contributed by atoms with E-state index in [1.54, 1.807) is 17.3 Å². The van der Waals surface area contributed by atoms with E-state index in [1.165, 1.54) is 5.56 Å². The Balaban J connectivity index is 1.70. The number of aromatic nitrogens is 1. The number of likely N-dealkylation sites (tertiary alicyclic amines) is 1. The van der Waals surface area contributed by atoms with Gasteiger partial charge in [-0.15, -0.1) is 0 Å². The minimum absolute atomic E-state index is 0.00405. The minimum atomic E-state index is -0.473. The van der Waals surface area contributed by atoms with Gasteiger partial charge in [-0.3, -0.25) is 9.78 Å². The van der Waals surface area contributed by atoms with Gasteiger partial charge in [0.15, 0.2) is 0 Å². The molecule has 1 aromatic carbocycles. The van der Waals surface area contributed by atoms with Crippen LogP contribution in [0.2, 0.25) is 0 Å². The van der Waals surface area contributed by atoms with E-state index < -0.39 is 6.10 Å². The lowest BCUT2D eigenvalue weighted by atomic mass is 9.97. The van der Waals surface area contributed by atoms with Crippen molar-refractivity contribution in [3.8, 4) is 0 Å². The van der Waals surface area contributed by atoms with Gasteiger partial charge in [-0.2, -0.15) is 0 Å². The predicted octanol–water partition coefficient (Wildman–Crippen LogP) is 2.37. The van der Waals surface area contributed by atoms with Gasteiger partial charge in [0.2, 0.25) is 0 Å². The molecule has 1 aromatic heterocycles. The highest BCUT2D eigenvalue weighted by Gasteiger charge is 2.34. The first-order chi connectivity index (χ1) is 11.0. The molecule has 2 aromatic rings. The molecule has 2 heterocycles. The fourth-order valence-corrected chi connectivity index (χ4v) is 3.10. The summed E-state index contributed by atoms with van der Waals surface area (Å²) >= 11 is 0. The van der Waals surface area contributed by atoms with Crippen LogP contribution in [0.25, 0.3) is 0 Å². The van der Waals surface area contributed by atoms with Crippen LogP contribution in [0.15, 0.2) is 42.7 Å². The van der Waals surface area contributed by atoms with Gasteiger partial charge >= 0.3 is 0 Å². The van der Waals surface area contributed by atoms with Crippen LogP contribution >= 0.6 is 0 Å². The monoisotopic (exact) mass is 310 g/mol. The normalized spacial score (nSPS) is 20.7. The number of amides is 1. The number of hydrogen-bond acceptors (Lipinski definition) is 3. The molecule has 0 unspecified atom stereocenters. The molecule has 0 radical (unpaired) electrons. The van der Waals surface area contributed by atoms with Gasteiger partial charge in [0.1, 0.15) is 0 Å². The molecule has 1 fully saturated rings. The SMILES string of the molecule is Cc1ccc(C(=O)N2C[C@@H](Cc3ccncc3)[C@@H](O)C2)cc1C. The highest BCUT2D eigenvalue weighted by atomic mass is 16.3. The van der Waals surface area contributed by atoms with Crippen LogP contribution in [-0.2, 0) is 6.42 Å². The lowest BCUT2D eigenvalue weighted by molar-refractivity contribution is 0.0764. The van der Waals surface area contributed by atoms with Crippen molar-refractivity contribution >= 4 is 5.91 Å². The molecule has 120 valence electrons. The van der Waals surface area contributed by atoms with Crippen LogP contribution in [0.5, 0.6) is 0 Å². The molecule has 0 bridgehead atoms. The Bertz CT molecular complexity index is 700. The number of hydrogen-bond donors (Lipinski definition) is 1. The van der Waals surface area contributed by atoms with Crippen molar-refractivity contribution in [3.63, 3.8) is 0 Å². The molecule has 1 amide bonds. The lowest BCUT2D eigenvalue weighted by Gasteiger charge is -2.17. The summed E-state index contributed by atoms with van der Waals surface area (Å²) in [5.41, 5.74) is 4.14. The van der Waals surface area contributed by atoms with E-state index in [9.17, 15) is 9.90 Å². The largest absolute Gasteiger partial charge is 0.391 e. The summed E-state index contributed by atoms with van der Waals surface area (Å²) in [6.45, 7) is 5.04. The summed E-state index contributed by atoms with van der Waals surface area (Å²) in [5, 5.41) is 10.3. The Morgan fingerprint density at radius 2 is 1.91 bits per heavy atom. The van der Waals surface area contributed by atoms with Gasteiger partial charge in [-0.1, -0.05) is 6.07 Å². The molecule has 4 heteroatoms. The van der Waals surface area contributed by atoms with Crippen molar-refractivity contribution in [1.82, 2.24) is 9.88 Å². The third kappa shape index (κ3) is 3.42. The molecular weight excluding hydrogens is 288 g/mol. The fourth-order valence-electron chi connectivity index (χ4n) is 3.10. The van der Waals surface area contributed by atoms with E-state index in [-0.39, 0.29) is 11.8 Å². The first-order valence-electron chi connectivity index (χ1n) is 7.98. The number of pyridine rings is 1.